The molecule has 1 saturated carbocycles. The molecular weight excluding hydrogens is 382 g/mol. The highest BCUT2D eigenvalue weighted by Crippen LogP contribution is 2.55. The van der Waals surface area contributed by atoms with Gasteiger partial charge in [0.2, 0.25) is 0 Å². The highest BCUT2D eigenvalue weighted by atomic mass is 32.2. The molecule has 2 aliphatic rings. The summed E-state index contributed by atoms with van der Waals surface area (Å²) < 4.78 is 54.2. The van der Waals surface area contributed by atoms with Crippen LogP contribution in [0.2, 0.25) is 0 Å². The molecule has 2 aromatic carbocycles. The smallest absolute Gasteiger partial charge is 0.261 e. The molecule has 2 N–H and O–H groups in total. The van der Waals surface area contributed by atoms with Crippen molar-refractivity contribution in [2.75, 3.05) is 11.3 Å². The van der Waals surface area contributed by atoms with E-state index < -0.39 is 21.9 Å². The third-order valence-corrected chi connectivity index (χ3v) is 6.76. The summed E-state index contributed by atoms with van der Waals surface area (Å²) in [5, 5.41) is 3.39. The van der Waals surface area contributed by atoms with E-state index in [0.29, 0.717) is 17.3 Å². The summed E-state index contributed by atoms with van der Waals surface area (Å²) in [6.45, 7) is 4.44. The second-order valence-corrected chi connectivity index (χ2v) is 9.16. The lowest BCUT2D eigenvalue weighted by Gasteiger charge is -2.10. The Bertz CT molecular complexity index is 1000. The van der Waals surface area contributed by atoms with E-state index in [2.05, 4.69) is 16.6 Å². The molecule has 0 spiro atoms. The molecule has 0 heterocycles. The summed E-state index contributed by atoms with van der Waals surface area (Å²) in [5.74, 6) is -3.46. The maximum Gasteiger partial charge on any atom is 0.261 e. The van der Waals surface area contributed by atoms with Crippen LogP contribution >= 0.6 is 0 Å². The second-order valence-electron chi connectivity index (χ2n) is 7.48. The van der Waals surface area contributed by atoms with E-state index in [9.17, 15) is 17.2 Å². The standard InChI is InChI=1S/C21H22F2N2O2S/c1-2-9-24-18-10-15-3-6-17(11-16(15)12-18)25-28(26,27)19-7-4-14(5-8-19)20-13-21(20,22)23/h2-8,11,18,20,24-25H,1,9-10,12-13H2. The number of benzene rings is 2. The van der Waals surface area contributed by atoms with Crippen molar-refractivity contribution in [2.24, 2.45) is 0 Å². The lowest BCUT2D eigenvalue weighted by molar-refractivity contribution is 0.112. The predicted molar refractivity (Wildman–Crippen MR) is 105 cm³/mol. The van der Waals surface area contributed by atoms with Crippen LogP contribution in [0.15, 0.2) is 60.0 Å². The molecule has 2 atom stereocenters. The van der Waals surface area contributed by atoms with Crippen molar-refractivity contribution in [1.29, 1.82) is 0 Å². The van der Waals surface area contributed by atoms with Crippen molar-refractivity contribution in [3.8, 4) is 0 Å². The number of hydrogen-bond acceptors (Lipinski definition) is 3. The van der Waals surface area contributed by atoms with Crippen LogP contribution in [0.4, 0.5) is 14.5 Å². The predicted octanol–water partition coefficient (Wildman–Crippen LogP) is 3.85. The zero-order valence-corrected chi connectivity index (χ0v) is 16.1. The van der Waals surface area contributed by atoms with Crippen LogP contribution in [0.3, 0.4) is 0 Å². The average molecular weight is 404 g/mol. The van der Waals surface area contributed by atoms with Gasteiger partial charge in [0.15, 0.2) is 0 Å². The fourth-order valence-electron chi connectivity index (χ4n) is 3.74. The Morgan fingerprint density at radius 2 is 1.79 bits per heavy atom. The normalized spacial score (nSPS) is 22.5. The molecule has 0 amide bonds. The van der Waals surface area contributed by atoms with Gasteiger partial charge in [-0.15, -0.1) is 6.58 Å². The molecule has 148 valence electrons. The summed E-state index contributed by atoms with van der Waals surface area (Å²) in [7, 11) is -3.78. The van der Waals surface area contributed by atoms with Crippen LogP contribution in [0.25, 0.3) is 0 Å². The van der Waals surface area contributed by atoms with Gasteiger partial charge in [0.1, 0.15) is 0 Å². The number of rotatable bonds is 7. The molecule has 4 rings (SSSR count). The first-order valence-corrected chi connectivity index (χ1v) is 10.7. The van der Waals surface area contributed by atoms with Crippen LogP contribution in [-0.4, -0.2) is 26.9 Å². The largest absolute Gasteiger partial charge is 0.310 e. The Balaban J connectivity index is 1.46. The van der Waals surface area contributed by atoms with Crippen molar-refractivity contribution < 1.29 is 17.2 Å². The van der Waals surface area contributed by atoms with E-state index in [-0.39, 0.29) is 11.3 Å². The van der Waals surface area contributed by atoms with E-state index in [1.807, 2.05) is 18.2 Å². The van der Waals surface area contributed by atoms with Gasteiger partial charge in [0, 0.05) is 24.7 Å². The van der Waals surface area contributed by atoms with Crippen LogP contribution in [0, 0.1) is 0 Å². The Labute approximate surface area is 163 Å². The first-order chi connectivity index (χ1) is 13.3. The van der Waals surface area contributed by atoms with Gasteiger partial charge >= 0.3 is 0 Å². The lowest BCUT2D eigenvalue weighted by atomic mass is 10.1. The van der Waals surface area contributed by atoms with Crippen molar-refractivity contribution >= 4 is 15.7 Å². The molecule has 2 unspecified atom stereocenters. The van der Waals surface area contributed by atoms with Gasteiger partial charge in [0.05, 0.1) is 10.8 Å². The summed E-state index contributed by atoms with van der Waals surface area (Å²) in [5.41, 5.74) is 3.30. The Kier molecular flexibility index (Phi) is 4.75. The third-order valence-electron chi connectivity index (χ3n) is 5.36. The van der Waals surface area contributed by atoms with E-state index in [4.69, 9.17) is 0 Å². The maximum atomic E-state index is 13.2. The maximum absolute atomic E-state index is 13.2. The van der Waals surface area contributed by atoms with Crippen molar-refractivity contribution in [3.05, 3.63) is 71.8 Å². The molecule has 4 nitrogen and oxygen atoms in total. The van der Waals surface area contributed by atoms with Gasteiger partial charge in [-0.3, -0.25) is 4.72 Å². The van der Waals surface area contributed by atoms with E-state index in [1.165, 1.54) is 29.8 Å². The molecule has 0 aromatic heterocycles. The summed E-state index contributed by atoms with van der Waals surface area (Å²) in [4.78, 5) is 0.0613. The van der Waals surface area contributed by atoms with Gasteiger partial charge in [-0.25, -0.2) is 17.2 Å². The molecule has 0 radical (unpaired) electrons. The number of sulfonamides is 1. The number of alkyl halides is 2. The first kappa shape index (κ1) is 19.1. The van der Waals surface area contributed by atoms with Gasteiger partial charge < -0.3 is 5.32 Å². The van der Waals surface area contributed by atoms with Crippen LogP contribution in [-0.2, 0) is 22.9 Å². The third kappa shape index (κ3) is 3.82. The molecule has 0 aliphatic heterocycles. The van der Waals surface area contributed by atoms with Crippen LogP contribution < -0.4 is 10.0 Å². The lowest BCUT2D eigenvalue weighted by Crippen LogP contribution is -2.29. The number of fused-ring (bicyclic) bond motifs is 1. The van der Waals surface area contributed by atoms with Crippen molar-refractivity contribution in [2.45, 2.75) is 42.0 Å². The average Bonchev–Trinajstić information content (AvgIpc) is 3.10. The summed E-state index contributed by atoms with van der Waals surface area (Å²) in [6.07, 6.45) is 3.39. The zero-order chi connectivity index (χ0) is 19.9. The van der Waals surface area contributed by atoms with Gasteiger partial charge in [-0.1, -0.05) is 24.3 Å². The minimum atomic E-state index is -3.78. The van der Waals surface area contributed by atoms with E-state index >= 15 is 0 Å². The van der Waals surface area contributed by atoms with Crippen molar-refractivity contribution in [3.63, 3.8) is 0 Å². The minimum absolute atomic E-state index is 0.0613. The molecule has 0 bridgehead atoms. The second kappa shape index (κ2) is 6.97. The summed E-state index contributed by atoms with van der Waals surface area (Å²) >= 11 is 0. The van der Waals surface area contributed by atoms with E-state index in [0.717, 1.165) is 24.9 Å². The highest BCUT2D eigenvalue weighted by Gasteiger charge is 2.57. The van der Waals surface area contributed by atoms with Gasteiger partial charge in [-0.2, -0.15) is 0 Å². The fraction of sp³-hybridized carbons (Fsp3) is 0.333. The quantitative estimate of drug-likeness (QED) is 0.689. The van der Waals surface area contributed by atoms with Gasteiger partial charge in [0.25, 0.3) is 15.9 Å². The monoisotopic (exact) mass is 404 g/mol. The molecule has 2 aromatic rings. The molecule has 0 saturated heterocycles. The Morgan fingerprint density at radius 1 is 1.11 bits per heavy atom. The number of anilines is 1. The molecule has 1 fully saturated rings. The number of nitrogens with one attached hydrogen (secondary N) is 2. The molecule has 28 heavy (non-hydrogen) atoms. The zero-order valence-electron chi connectivity index (χ0n) is 15.3. The topological polar surface area (TPSA) is 58.2 Å². The number of hydrogen-bond donors (Lipinski definition) is 2. The fourth-order valence-corrected chi connectivity index (χ4v) is 4.79. The SMILES string of the molecule is C=CCNC1Cc2ccc(NS(=O)(=O)c3ccc(C4CC4(F)F)cc3)cc2C1. The molecule has 2 aliphatic carbocycles. The van der Waals surface area contributed by atoms with Crippen molar-refractivity contribution in [1.82, 2.24) is 5.32 Å². The first-order valence-electron chi connectivity index (χ1n) is 9.25. The van der Waals surface area contributed by atoms with Crippen LogP contribution in [0.1, 0.15) is 29.0 Å². The highest BCUT2D eigenvalue weighted by molar-refractivity contribution is 7.92. The molecule has 7 heteroatoms. The Hall–Kier alpha value is -2.25. The van der Waals surface area contributed by atoms with Gasteiger partial charge in [-0.05, 0) is 53.8 Å². The molecular formula is C21H22F2N2O2S. The number of halogens is 2. The van der Waals surface area contributed by atoms with Crippen LogP contribution in [0.5, 0.6) is 0 Å². The van der Waals surface area contributed by atoms with E-state index in [1.54, 1.807) is 6.07 Å². The summed E-state index contributed by atoms with van der Waals surface area (Å²) in [6, 6.07) is 11.6. The minimum Gasteiger partial charge on any atom is -0.310 e. The Morgan fingerprint density at radius 3 is 2.43 bits per heavy atom.